The summed E-state index contributed by atoms with van der Waals surface area (Å²) in [4.78, 5) is 6.75. The highest BCUT2D eigenvalue weighted by molar-refractivity contribution is 5.52. The summed E-state index contributed by atoms with van der Waals surface area (Å²) in [6.07, 6.45) is 12.3. The standard InChI is InChI=1S/C15H23N3/c16-11-13-3-8-17-12-14(13)18-9-6-15(7-10-18)4-1-2-5-15/h3,8,12H,1-2,4-7,9-11,16H2. The number of piperidine rings is 1. The van der Waals surface area contributed by atoms with Gasteiger partial charge in [0.1, 0.15) is 0 Å². The molecular weight excluding hydrogens is 222 g/mol. The number of hydrogen-bond acceptors (Lipinski definition) is 3. The molecule has 98 valence electrons. The number of rotatable bonds is 2. The first-order valence-electron chi connectivity index (χ1n) is 7.21. The second-order valence-electron chi connectivity index (χ2n) is 5.90. The molecule has 18 heavy (non-hydrogen) atoms. The molecule has 1 spiro atoms. The molecule has 1 saturated carbocycles. The summed E-state index contributed by atoms with van der Waals surface area (Å²) >= 11 is 0. The largest absolute Gasteiger partial charge is 0.370 e. The molecule has 2 fully saturated rings. The van der Waals surface area contributed by atoms with Gasteiger partial charge in [-0.15, -0.1) is 0 Å². The molecule has 0 amide bonds. The van der Waals surface area contributed by atoms with Crippen LogP contribution in [-0.4, -0.2) is 18.1 Å². The van der Waals surface area contributed by atoms with Gasteiger partial charge in [0.2, 0.25) is 0 Å². The Balaban J connectivity index is 1.72. The minimum Gasteiger partial charge on any atom is -0.370 e. The van der Waals surface area contributed by atoms with Crippen molar-refractivity contribution in [3.05, 3.63) is 24.0 Å². The van der Waals surface area contributed by atoms with E-state index in [0.29, 0.717) is 12.0 Å². The van der Waals surface area contributed by atoms with Crippen LogP contribution in [0.1, 0.15) is 44.1 Å². The van der Waals surface area contributed by atoms with Crippen molar-refractivity contribution in [2.24, 2.45) is 11.1 Å². The zero-order chi connectivity index (χ0) is 12.4. The van der Waals surface area contributed by atoms with E-state index in [-0.39, 0.29) is 0 Å². The molecule has 2 N–H and O–H groups in total. The summed E-state index contributed by atoms with van der Waals surface area (Å²) in [5.74, 6) is 0. The zero-order valence-corrected chi connectivity index (χ0v) is 11.1. The zero-order valence-electron chi connectivity index (χ0n) is 11.1. The Kier molecular flexibility index (Phi) is 3.25. The molecule has 2 aliphatic rings. The van der Waals surface area contributed by atoms with Gasteiger partial charge >= 0.3 is 0 Å². The van der Waals surface area contributed by atoms with Crippen LogP contribution >= 0.6 is 0 Å². The van der Waals surface area contributed by atoms with E-state index >= 15 is 0 Å². The molecule has 1 saturated heterocycles. The van der Waals surface area contributed by atoms with Crippen molar-refractivity contribution in [2.75, 3.05) is 18.0 Å². The third kappa shape index (κ3) is 2.12. The summed E-state index contributed by atoms with van der Waals surface area (Å²) in [7, 11) is 0. The van der Waals surface area contributed by atoms with E-state index in [2.05, 4.69) is 16.0 Å². The normalized spacial score (nSPS) is 22.6. The molecular formula is C15H23N3. The van der Waals surface area contributed by atoms with Gasteiger partial charge in [-0.05, 0) is 42.7 Å². The highest BCUT2D eigenvalue weighted by atomic mass is 15.1. The van der Waals surface area contributed by atoms with Crippen LogP contribution in [0.2, 0.25) is 0 Å². The Labute approximate surface area is 109 Å². The smallest absolute Gasteiger partial charge is 0.0598 e. The van der Waals surface area contributed by atoms with E-state index in [1.807, 2.05) is 12.4 Å². The van der Waals surface area contributed by atoms with Crippen molar-refractivity contribution >= 4 is 5.69 Å². The molecule has 3 rings (SSSR count). The highest BCUT2D eigenvalue weighted by Gasteiger charge is 2.37. The molecule has 3 nitrogen and oxygen atoms in total. The van der Waals surface area contributed by atoms with Crippen LogP contribution in [-0.2, 0) is 6.54 Å². The maximum Gasteiger partial charge on any atom is 0.0598 e. The van der Waals surface area contributed by atoms with Crippen LogP contribution in [0.5, 0.6) is 0 Å². The Morgan fingerprint density at radius 1 is 1.17 bits per heavy atom. The van der Waals surface area contributed by atoms with Crippen molar-refractivity contribution in [2.45, 2.75) is 45.1 Å². The molecule has 0 bridgehead atoms. The van der Waals surface area contributed by atoms with Gasteiger partial charge in [0, 0.05) is 25.8 Å². The lowest BCUT2D eigenvalue weighted by atomic mass is 9.77. The number of hydrogen-bond donors (Lipinski definition) is 1. The summed E-state index contributed by atoms with van der Waals surface area (Å²) in [5.41, 5.74) is 8.99. The Morgan fingerprint density at radius 3 is 2.56 bits per heavy atom. The van der Waals surface area contributed by atoms with E-state index in [0.717, 1.165) is 0 Å². The first kappa shape index (κ1) is 12.0. The van der Waals surface area contributed by atoms with Gasteiger partial charge < -0.3 is 10.6 Å². The fourth-order valence-electron chi connectivity index (χ4n) is 3.72. The van der Waals surface area contributed by atoms with E-state index in [9.17, 15) is 0 Å². The average Bonchev–Trinajstić information content (AvgIpc) is 2.88. The summed E-state index contributed by atoms with van der Waals surface area (Å²) in [5, 5.41) is 0. The lowest BCUT2D eigenvalue weighted by Gasteiger charge is -2.41. The fraction of sp³-hybridized carbons (Fsp3) is 0.667. The third-order valence-corrected chi connectivity index (χ3v) is 4.94. The first-order valence-corrected chi connectivity index (χ1v) is 7.21. The molecule has 3 heteroatoms. The Hall–Kier alpha value is -1.09. The summed E-state index contributed by atoms with van der Waals surface area (Å²) in [6.45, 7) is 2.97. The van der Waals surface area contributed by atoms with E-state index in [1.165, 1.54) is 62.9 Å². The SMILES string of the molecule is NCc1ccncc1N1CCC2(CCCC2)CC1. The molecule has 0 radical (unpaired) electrons. The molecule has 0 unspecified atom stereocenters. The molecule has 0 atom stereocenters. The number of aromatic nitrogens is 1. The van der Waals surface area contributed by atoms with Gasteiger partial charge in [-0.25, -0.2) is 0 Å². The molecule has 1 aromatic rings. The van der Waals surface area contributed by atoms with Crippen LogP contribution in [0.3, 0.4) is 0 Å². The molecule has 0 aromatic carbocycles. The minimum atomic E-state index is 0.611. The number of anilines is 1. The monoisotopic (exact) mass is 245 g/mol. The predicted molar refractivity (Wildman–Crippen MR) is 74.5 cm³/mol. The maximum atomic E-state index is 5.82. The molecule has 1 aromatic heterocycles. The van der Waals surface area contributed by atoms with Crippen molar-refractivity contribution in [3.63, 3.8) is 0 Å². The van der Waals surface area contributed by atoms with Crippen LogP contribution in [0, 0.1) is 5.41 Å². The summed E-state index contributed by atoms with van der Waals surface area (Å²) in [6, 6.07) is 2.05. The second-order valence-corrected chi connectivity index (χ2v) is 5.90. The van der Waals surface area contributed by atoms with Crippen LogP contribution in [0.4, 0.5) is 5.69 Å². The van der Waals surface area contributed by atoms with E-state index in [1.54, 1.807) is 0 Å². The first-order chi connectivity index (χ1) is 8.83. The van der Waals surface area contributed by atoms with Gasteiger partial charge in [0.15, 0.2) is 0 Å². The van der Waals surface area contributed by atoms with E-state index < -0.39 is 0 Å². The molecule has 1 aliphatic heterocycles. The van der Waals surface area contributed by atoms with Crippen LogP contribution < -0.4 is 10.6 Å². The van der Waals surface area contributed by atoms with Gasteiger partial charge in [0.25, 0.3) is 0 Å². The van der Waals surface area contributed by atoms with Gasteiger partial charge in [-0.2, -0.15) is 0 Å². The quantitative estimate of drug-likeness (QED) is 0.871. The lowest BCUT2D eigenvalue weighted by Crippen LogP contribution is -2.39. The molecule has 1 aliphatic carbocycles. The minimum absolute atomic E-state index is 0.611. The van der Waals surface area contributed by atoms with Crippen LogP contribution in [0.25, 0.3) is 0 Å². The third-order valence-electron chi connectivity index (χ3n) is 4.94. The van der Waals surface area contributed by atoms with Crippen molar-refractivity contribution in [3.8, 4) is 0 Å². The number of pyridine rings is 1. The van der Waals surface area contributed by atoms with Crippen molar-refractivity contribution in [1.29, 1.82) is 0 Å². The summed E-state index contributed by atoms with van der Waals surface area (Å²) < 4.78 is 0. The highest BCUT2D eigenvalue weighted by Crippen LogP contribution is 2.46. The predicted octanol–water partition coefficient (Wildman–Crippen LogP) is 2.70. The van der Waals surface area contributed by atoms with Crippen molar-refractivity contribution < 1.29 is 0 Å². The average molecular weight is 245 g/mol. The van der Waals surface area contributed by atoms with Crippen molar-refractivity contribution in [1.82, 2.24) is 4.98 Å². The lowest BCUT2D eigenvalue weighted by molar-refractivity contribution is 0.226. The fourth-order valence-corrected chi connectivity index (χ4v) is 3.72. The van der Waals surface area contributed by atoms with Crippen LogP contribution in [0.15, 0.2) is 18.5 Å². The second kappa shape index (κ2) is 4.88. The Morgan fingerprint density at radius 2 is 1.89 bits per heavy atom. The van der Waals surface area contributed by atoms with Gasteiger partial charge in [-0.1, -0.05) is 12.8 Å². The van der Waals surface area contributed by atoms with Gasteiger partial charge in [-0.3, -0.25) is 4.98 Å². The number of nitrogens with two attached hydrogens (primary N) is 1. The molecule has 2 heterocycles. The topological polar surface area (TPSA) is 42.1 Å². The van der Waals surface area contributed by atoms with Gasteiger partial charge in [0.05, 0.1) is 11.9 Å². The Bertz CT molecular complexity index is 400. The maximum absolute atomic E-state index is 5.82. The number of nitrogens with zero attached hydrogens (tertiary/aromatic N) is 2. The van der Waals surface area contributed by atoms with E-state index in [4.69, 9.17) is 5.73 Å².